The van der Waals surface area contributed by atoms with Crippen LogP contribution in [0, 0.1) is 5.82 Å². The summed E-state index contributed by atoms with van der Waals surface area (Å²) in [5, 5.41) is 4.30. The number of fused-ring (bicyclic) bond motifs is 2. The summed E-state index contributed by atoms with van der Waals surface area (Å²) in [7, 11) is 3.46. The Hall–Kier alpha value is -3.62. The summed E-state index contributed by atoms with van der Waals surface area (Å²) in [5.41, 5.74) is 2.44. The van der Waals surface area contributed by atoms with Crippen molar-refractivity contribution in [1.29, 1.82) is 0 Å². The SMILES string of the molecule is CCCC(=O)c1nc2n(n1)C(c1ccccc1F)CC2.CN1C(=O)CCCc2cc(=O)n(C)cc21. The number of hydrogen-bond donors (Lipinski definition) is 0. The van der Waals surface area contributed by atoms with Crippen molar-refractivity contribution in [2.45, 2.75) is 57.9 Å². The zero-order valence-corrected chi connectivity index (χ0v) is 20.3. The normalized spacial score (nSPS) is 16.7. The molecule has 9 heteroatoms. The molecule has 1 unspecified atom stereocenters. The van der Waals surface area contributed by atoms with Crippen molar-refractivity contribution in [1.82, 2.24) is 19.3 Å². The van der Waals surface area contributed by atoms with E-state index in [-0.39, 0.29) is 34.9 Å². The first kappa shape index (κ1) is 24.5. The molecule has 0 saturated carbocycles. The highest BCUT2D eigenvalue weighted by molar-refractivity contribution is 5.94. The molecule has 0 saturated heterocycles. The molecule has 8 nitrogen and oxygen atoms in total. The number of amides is 1. The number of aryl methyl sites for hydroxylation is 3. The zero-order chi connectivity index (χ0) is 25.1. The molecule has 0 spiro atoms. The molecular weight excluding hydrogens is 449 g/mol. The molecule has 0 bridgehead atoms. The number of anilines is 1. The molecule has 0 aliphatic carbocycles. The summed E-state index contributed by atoms with van der Waals surface area (Å²) in [6, 6.07) is 8.19. The van der Waals surface area contributed by atoms with E-state index in [0.29, 0.717) is 18.4 Å². The molecule has 2 aliphatic heterocycles. The maximum atomic E-state index is 13.9. The molecule has 3 aromatic rings. The van der Waals surface area contributed by atoms with Gasteiger partial charge in [-0.15, -0.1) is 5.10 Å². The molecule has 4 heterocycles. The maximum Gasteiger partial charge on any atom is 0.250 e. The minimum absolute atomic E-state index is 0.0171. The van der Waals surface area contributed by atoms with Crippen LogP contribution in [-0.2, 0) is 24.7 Å². The first-order chi connectivity index (χ1) is 16.8. The summed E-state index contributed by atoms with van der Waals surface area (Å²) >= 11 is 0. The van der Waals surface area contributed by atoms with E-state index in [2.05, 4.69) is 10.1 Å². The number of rotatable bonds is 4. The van der Waals surface area contributed by atoms with Gasteiger partial charge in [0.1, 0.15) is 11.6 Å². The van der Waals surface area contributed by atoms with Crippen LogP contribution >= 0.6 is 0 Å². The van der Waals surface area contributed by atoms with Gasteiger partial charge in [-0.3, -0.25) is 14.4 Å². The van der Waals surface area contributed by atoms with Gasteiger partial charge in [-0.05, 0) is 37.3 Å². The minimum atomic E-state index is -0.234. The molecular formula is C26H30FN5O3. The number of ketones is 1. The van der Waals surface area contributed by atoms with Gasteiger partial charge in [-0.25, -0.2) is 14.1 Å². The number of carbonyl (C=O) groups is 2. The number of benzene rings is 1. The first-order valence-electron chi connectivity index (χ1n) is 12.0. The lowest BCUT2D eigenvalue weighted by Gasteiger charge is -2.17. The highest BCUT2D eigenvalue weighted by atomic mass is 19.1. The Kier molecular flexibility index (Phi) is 7.23. The Morgan fingerprint density at radius 1 is 1.14 bits per heavy atom. The van der Waals surface area contributed by atoms with E-state index in [1.165, 1.54) is 10.6 Å². The van der Waals surface area contributed by atoms with Crippen LogP contribution in [0.5, 0.6) is 0 Å². The number of carbonyl (C=O) groups excluding carboxylic acids is 2. The van der Waals surface area contributed by atoms with Crippen molar-refractivity contribution in [3.63, 3.8) is 0 Å². The predicted octanol–water partition coefficient (Wildman–Crippen LogP) is 3.62. The molecule has 184 valence electrons. The fourth-order valence-electron chi connectivity index (χ4n) is 4.54. The quantitative estimate of drug-likeness (QED) is 0.533. The number of Topliss-reactive ketones (excluding diaryl/α,β-unsaturated/α-hetero) is 1. The van der Waals surface area contributed by atoms with Gasteiger partial charge in [-0.2, -0.15) is 0 Å². The molecule has 0 fully saturated rings. The Morgan fingerprint density at radius 2 is 1.91 bits per heavy atom. The van der Waals surface area contributed by atoms with Gasteiger partial charge in [0.25, 0.3) is 5.56 Å². The van der Waals surface area contributed by atoms with Crippen molar-refractivity contribution in [3.05, 3.63) is 75.5 Å². The largest absolute Gasteiger partial charge is 0.316 e. The third kappa shape index (κ3) is 5.08. The second-order valence-electron chi connectivity index (χ2n) is 8.98. The summed E-state index contributed by atoms with van der Waals surface area (Å²) in [5.74, 6) is 0.886. The fraction of sp³-hybridized carbons (Fsp3) is 0.423. The van der Waals surface area contributed by atoms with E-state index in [4.69, 9.17) is 0 Å². The van der Waals surface area contributed by atoms with Gasteiger partial charge >= 0.3 is 0 Å². The number of pyridine rings is 1. The third-order valence-electron chi connectivity index (χ3n) is 6.49. The van der Waals surface area contributed by atoms with Gasteiger partial charge < -0.3 is 9.47 Å². The summed E-state index contributed by atoms with van der Waals surface area (Å²) < 4.78 is 17.1. The van der Waals surface area contributed by atoms with Crippen LogP contribution in [0.3, 0.4) is 0 Å². The Morgan fingerprint density at radius 3 is 2.66 bits per heavy atom. The maximum absolute atomic E-state index is 13.9. The predicted molar refractivity (Wildman–Crippen MR) is 130 cm³/mol. The van der Waals surface area contributed by atoms with Crippen LogP contribution in [0.15, 0.2) is 41.3 Å². The summed E-state index contributed by atoms with van der Waals surface area (Å²) in [6.45, 7) is 1.95. The van der Waals surface area contributed by atoms with Crippen LogP contribution in [-0.4, -0.2) is 38.1 Å². The van der Waals surface area contributed by atoms with E-state index >= 15 is 0 Å². The van der Waals surface area contributed by atoms with Crippen molar-refractivity contribution in [3.8, 4) is 0 Å². The van der Waals surface area contributed by atoms with E-state index in [0.717, 1.165) is 49.2 Å². The highest BCUT2D eigenvalue weighted by Crippen LogP contribution is 2.31. The van der Waals surface area contributed by atoms with Crippen LogP contribution in [0.1, 0.15) is 72.6 Å². The highest BCUT2D eigenvalue weighted by Gasteiger charge is 2.29. The van der Waals surface area contributed by atoms with Gasteiger partial charge in [0.2, 0.25) is 17.5 Å². The molecule has 5 rings (SSSR count). The van der Waals surface area contributed by atoms with Crippen LogP contribution < -0.4 is 10.5 Å². The second-order valence-corrected chi connectivity index (χ2v) is 8.98. The molecule has 35 heavy (non-hydrogen) atoms. The summed E-state index contributed by atoms with van der Waals surface area (Å²) in [4.78, 5) is 40.8. The third-order valence-corrected chi connectivity index (χ3v) is 6.49. The lowest BCUT2D eigenvalue weighted by atomic mass is 10.0. The Labute approximate surface area is 203 Å². The van der Waals surface area contributed by atoms with Crippen molar-refractivity contribution >= 4 is 17.4 Å². The van der Waals surface area contributed by atoms with Gasteiger partial charge in [0.05, 0.1) is 11.7 Å². The number of hydrogen-bond acceptors (Lipinski definition) is 5. The fourth-order valence-corrected chi connectivity index (χ4v) is 4.54. The minimum Gasteiger partial charge on any atom is -0.316 e. The molecule has 1 aromatic carbocycles. The molecule has 2 aliphatic rings. The lowest BCUT2D eigenvalue weighted by molar-refractivity contribution is -0.118. The zero-order valence-electron chi connectivity index (χ0n) is 20.3. The number of halogens is 1. The standard InChI is InChI=1S/C15H16FN3O.C11H14N2O2/c1-2-5-13(20)15-17-14-9-8-12(19(14)18-15)10-6-3-4-7-11(10)16;1-12-7-9-8(6-11(12)15)4-3-5-10(14)13(9)2/h3-4,6-7,12H,2,5,8-9H2,1H3;6-7H,3-5H2,1-2H3. The lowest BCUT2D eigenvalue weighted by Crippen LogP contribution is -2.27. The monoisotopic (exact) mass is 479 g/mol. The topological polar surface area (TPSA) is 90.1 Å². The van der Waals surface area contributed by atoms with Gasteiger partial charge in [0, 0.05) is 51.2 Å². The Bertz CT molecular complexity index is 1310. The molecule has 2 aromatic heterocycles. The second kappa shape index (κ2) is 10.3. The first-order valence-corrected chi connectivity index (χ1v) is 12.0. The van der Waals surface area contributed by atoms with Crippen molar-refractivity contribution < 1.29 is 14.0 Å². The molecule has 0 radical (unpaired) electrons. The van der Waals surface area contributed by atoms with Crippen molar-refractivity contribution in [2.24, 2.45) is 7.05 Å². The van der Waals surface area contributed by atoms with Gasteiger partial charge in [0.15, 0.2) is 0 Å². The van der Waals surface area contributed by atoms with Gasteiger partial charge in [-0.1, -0.05) is 25.1 Å². The van der Waals surface area contributed by atoms with E-state index < -0.39 is 0 Å². The van der Waals surface area contributed by atoms with E-state index in [1.54, 1.807) is 48.1 Å². The van der Waals surface area contributed by atoms with Crippen LogP contribution in [0.25, 0.3) is 0 Å². The van der Waals surface area contributed by atoms with Crippen molar-refractivity contribution in [2.75, 3.05) is 11.9 Å². The Balaban J connectivity index is 0.000000172. The van der Waals surface area contributed by atoms with E-state index in [9.17, 15) is 18.8 Å². The van der Waals surface area contributed by atoms with Crippen LogP contribution in [0.4, 0.5) is 10.1 Å². The van der Waals surface area contributed by atoms with Crippen LogP contribution in [0.2, 0.25) is 0 Å². The average molecular weight is 480 g/mol. The van der Waals surface area contributed by atoms with E-state index in [1.807, 2.05) is 13.0 Å². The summed E-state index contributed by atoms with van der Waals surface area (Å²) in [6.07, 6.45) is 6.66. The number of nitrogens with zero attached hydrogens (tertiary/aromatic N) is 5. The molecule has 1 amide bonds. The molecule has 1 atom stereocenters. The smallest absolute Gasteiger partial charge is 0.250 e. The molecule has 0 N–H and O–H groups in total. The number of aromatic nitrogens is 4. The average Bonchev–Trinajstić information content (AvgIpc) is 3.39.